The Morgan fingerprint density at radius 2 is 1.72 bits per heavy atom. The van der Waals surface area contributed by atoms with Gasteiger partial charge in [-0.15, -0.1) is 0 Å². The smallest absolute Gasteiger partial charge is 0.324 e. The molecular formula is C29H29N7O3. The molecule has 3 N–H and O–H groups in total. The maximum Gasteiger partial charge on any atom is 0.324 e. The first kappa shape index (κ1) is 25.7. The third kappa shape index (κ3) is 5.80. The number of amides is 2. The number of carbonyl (C=O) groups is 2. The normalized spacial score (nSPS) is 11.4. The molecule has 0 saturated heterocycles. The van der Waals surface area contributed by atoms with Crippen LogP contribution in [0.5, 0.6) is 11.5 Å². The molecule has 2 amide bonds. The van der Waals surface area contributed by atoms with Crippen LogP contribution in [0.15, 0.2) is 73.2 Å². The summed E-state index contributed by atoms with van der Waals surface area (Å²) in [5.41, 5.74) is 4.39. The van der Waals surface area contributed by atoms with E-state index in [9.17, 15) is 9.59 Å². The number of nitrogens with one attached hydrogen (secondary N) is 3. The number of nitrogens with zero attached hydrogens (tertiary/aromatic N) is 4. The first-order valence-corrected chi connectivity index (χ1v) is 12.6. The number of rotatable bonds is 7. The van der Waals surface area contributed by atoms with Gasteiger partial charge in [-0.3, -0.25) is 24.8 Å². The van der Waals surface area contributed by atoms with Gasteiger partial charge in [0.05, 0.1) is 11.0 Å². The summed E-state index contributed by atoms with van der Waals surface area (Å²) in [6.07, 6.45) is 3.68. The average molecular weight is 524 g/mol. The standard InChI is InChI=1S/C29H29N7O3/c1-5-25(37)23-15-21(12-13-30-23)39-20-10-11-24-22(14-20)31-17-36(24)19-8-6-18(7-9-19)32-28(38)33-27-16-26(34-35-27)29(2,3)4/h6-17H,5H2,1-4H3,(H3,32,33,34,35,38). The van der Waals surface area contributed by atoms with E-state index in [-0.39, 0.29) is 17.2 Å². The van der Waals surface area contributed by atoms with Gasteiger partial charge in [0, 0.05) is 53.3 Å². The quantitative estimate of drug-likeness (QED) is 0.210. The highest BCUT2D eigenvalue weighted by Gasteiger charge is 2.17. The minimum absolute atomic E-state index is 0.0381. The molecule has 0 aliphatic rings. The Hall–Kier alpha value is -4.99. The van der Waals surface area contributed by atoms with Crippen LogP contribution in [0.25, 0.3) is 16.7 Å². The van der Waals surface area contributed by atoms with E-state index >= 15 is 0 Å². The molecule has 0 unspecified atom stereocenters. The Kier molecular flexibility index (Phi) is 6.84. The van der Waals surface area contributed by atoms with Crippen molar-refractivity contribution >= 4 is 34.4 Å². The number of Topliss-reactive ketones (excluding diaryl/α,β-unsaturated/α-hetero) is 1. The predicted molar refractivity (Wildman–Crippen MR) is 150 cm³/mol. The summed E-state index contributed by atoms with van der Waals surface area (Å²) in [5.74, 6) is 1.56. The summed E-state index contributed by atoms with van der Waals surface area (Å²) >= 11 is 0. The second kappa shape index (κ2) is 10.4. The van der Waals surface area contributed by atoms with Crippen molar-refractivity contribution in [3.8, 4) is 17.2 Å². The molecule has 3 heterocycles. The van der Waals surface area contributed by atoms with Crippen LogP contribution < -0.4 is 15.4 Å². The lowest BCUT2D eigenvalue weighted by Gasteiger charge is -2.14. The molecule has 0 aliphatic heterocycles. The molecule has 0 saturated carbocycles. The van der Waals surface area contributed by atoms with Gasteiger partial charge in [0.25, 0.3) is 0 Å². The van der Waals surface area contributed by atoms with Gasteiger partial charge in [0.1, 0.15) is 23.5 Å². The van der Waals surface area contributed by atoms with E-state index < -0.39 is 0 Å². The second-order valence-corrected chi connectivity index (χ2v) is 10.1. The fourth-order valence-electron chi connectivity index (χ4n) is 3.96. The number of ether oxygens (including phenoxy) is 1. The first-order valence-electron chi connectivity index (χ1n) is 12.6. The number of aromatic nitrogens is 5. The number of H-pyrrole nitrogens is 1. The van der Waals surface area contributed by atoms with E-state index in [1.807, 2.05) is 53.1 Å². The molecule has 2 aromatic carbocycles. The lowest BCUT2D eigenvalue weighted by Crippen LogP contribution is -2.19. The number of anilines is 2. The van der Waals surface area contributed by atoms with Crippen LogP contribution in [0.2, 0.25) is 0 Å². The van der Waals surface area contributed by atoms with Crippen molar-refractivity contribution in [1.29, 1.82) is 0 Å². The SMILES string of the molecule is CCC(=O)c1cc(Oc2ccc3c(c2)ncn3-c2ccc(NC(=O)Nc3cc(C(C)(C)C)[nH]n3)cc2)ccn1. The van der Waals surface area contributed by atoms with Crippen LogP contribution >= 0.6 is 0 Å². The van der Waals surface area contributed by atoms with Crippen LogP contribution in [-0.2, 0) is 5.41 Å². The van der Waals surface area contributed by atoms with Gasteiger partial charge < -0.3 is 10.1 Å². The molecule has 198 valence electrons. The molecule has 10 nitrogen and oxygen atoms in total. The van der Waals surface area contributed by atoms with E-state index in [4.69, 9.17) is 4.74 Å². The zero-order valence-electron chi connectivity index (χ0n) is 22.1. The molecule has 5 rings (SSSR count). The number of aromatic amines is 1. The zero-order chi connectivity index (χ0) is 27.6. The van der Waals surface area contributed by atoms with Crippen molar-refractivity contribution in [3.05, 3.63) is 84.6 Å². The van der Waals surface area contributed by atoms with Crippen molar-refractivity contribution in [2.24, 2.45) is 0 Å². The van der Waals surface area contributed by atoms with Crippen LogP contribution in [0.1, 0.15) is 50.3 Å². The van der Waals surface area contributed by atoms with E-state index in [0.717, 1.165) is 22.4 Å². The van der Waals surface area contributed by atoms with Crippen molar-refractivity contribution in [1.82, 2.24) is 24.7 Å². The highest BCUT2D eigenvalue weighted by Crippen LogP contribution is 2.27. The summed E-state index contributed by atoms with van der Waals surface area (Å²) in [4.78, 5) is 33.0. The van der Waals surface area contributed by atoms with Gasteiger partial charge in [-0.2, -0.15) is 5.10 Å². The summed E-state index contributed by atoms with van der Waals surface area (Å²) < 4.78 is 7.91. The largest absolute Gasteiger partial charge is 0.457 e. The second-order valence-electron chi connectivity index (χ2n) is 10.1. The zero-order valence-corrected chi connectivity index (χ0v) is 22.1. The molecule has 0 radical (unpaired) electrons. The summed E-state index contributed by atoms with van der Waals surface area (Å²) in [6, 6.07) is 17.9. The maximum absolute atomic E-state index is 12.4. The van der Waals surface area contributed by atoms with Crippen molar-refractivity contribution in [3.63, 3.8) is 0 Å². The maximum atomic E-state index is 12.4. The van der Waals surface area contributed by atoms with Gasteiger partial charge in [0.2, 0.25) is 0 Å². The van der Waals surface area contributed by atoms with Crippen molar-refractivity contribution in [2.75, 3.05) is 10.6 Å². The van der Waals surface area contributed by atoms with Crippen molar-refractivity contribution in [2.45, 2.75) is 39.5 Å². The van der Waals surface area contributed by atoms with E-state index in [1.165, 1.54) is 0 Å². The van der Waals surface area contributed by atoms with E-state index in [0.29, 0.717) is 35.1 Å². The predicted octanol–water partition coefficient (Wildman–Crippen LogP) is 6.47. The summed E-state index contributed by atoms with van der Waals surface area (Å²) in [6.45, 7) is 8.00. The fraction of sp³-hybridized carbons (Fsp3) is 0.207. The number of pyridine rings is 1. The molecule has 0 atom stereocenters. The van der Waals surface area contributed by atoms with Crippen LogP contribution in [0, 0.1) is 0 Å². The fourth-order valence-corrected chi connectivity index (χ4v) is 3.96. The van der Waals surface area contributed by atoms with Crippen LogP contribution in [0.3, 0.4) is 0 Å². The molecular weight excluding hydrogens is 494 g/mol. The Bertz CT molecular complexity index is 1650. The number of hydrogen-bond donors (Lipinski definition) is 3. The van der Waals surface area contributed by atoms with Gasteiger partial charge in [0.15, 0.2) is 11.6 Å². The Labute approximate surface area is 225 Å². The van der Waals surface area contributed by atoms with Gasteiger partial charge >= 0.3 is 6.03 Å². The molecule has 3 aromatic heterocycles. The molecule has 10 heteroatoms. The third-order valence-corrected chi connectivity index (χ3v) is 6.12. The monoisotopic (exact) mass is 523 g/mol. The van der Waals surface area contributed by atoms with Crippen LogP contribution in [0.4, 0.5) is 16.3 Å². The minimum atomic E-state index is -0.379. The Balaban J connectivity index is 1.26. The van der Waals surface area contributed by atoms with Crippen molar-refractivity contribution < 1.29 is 14.3 Å². The van der Waals surface area contributed by atoms with E-state index in [2.05, 4.69) is 51.6 Å². The molecule has 0 aliphatic carbocycles. The summed E-state index contributed by atoms with van der Waals surface area (Å²) in [7, 11) is 0. The molecule has 0 fully saturated rings. The lowest BCUT2D eigenvalue weighted by atomic mass is 9.92. The number of benzene rings is 2. The minimum Gasteiger partial charge on any atom is -0.457 e. The summed E-state index contributed by atoms with van der Waals surface area (Å²) in [5, 5.41) is 12.7. The van der Waals surface area contributed by atoms with Crippen LogP contribution in [-0.4, -0.2) is 36.5 Å². The number of hydrogen-bond acceptors (Lipinski definition) is 6. The third-order valence-electron chi connectivity index (χ3n) is 6.12. The molecule has 5 aromatic rings. The van der Waals surface area contributed by atoms with Gasteiger partial charge in [-0.05, 0) is 42.5 Å². The Morgan fingerprint density at radius 1 is 0.949 bits per heavy atom. The Morgan fingerprint density at radius 3 is 2.44 bits per heavy atom. The van der Waals surface area contributed by atoms with Gasteiger partial charge in [-0.1, -0.05) is 27.7 Å². The molecule has 39 heavy (non-hydrogen) atoms. The topological polar surface area (TPSA) is 127 Å². The van der Waals surface area contributed by atoms with E-state index in [1.54, 1.807) is 31.6 Å². The lowest BCUT2D eigenvalue weighted by molar-refractivity contribution is 0.0983. The number of fused-ring (bicyclic) bond motifs is 1. The van der Waals surface area contributed by atoms with Gasteiger partial charge in [-0.25, -0.2) is 9.78 Å². The average Bonchev–Trinajstić information content (AvgIpc) is 3.56. The molecule has 0 bridgehead atoms. The molecule has 0 spiro atoms. The highest BCUT2D eigenvalue weighted by atomic mass is 16.5. The first-order chi connectivity index (χ1) is 18.7. The number of carbonyl (C=O) groups excluding carboxylic acids is 2. The number of ketones is 1. The number of urea groups is 1. The highest BCUT2D eigenvalue weighted by molar-refractivity contribution is 5.99. The number of imidazole rings is 1.